The first-order valence-electron chi connectivity index (χ1n) is 8.65. The van der Waals surface area contributed by atoms with E-state index in [2.05, 4.69) is 27.8 Å². The van der Waals surface area contributed by atoms with Gasteiger partial charge in [-0.05, 0) is 48.5 Å². The Balaban J connectivity index is 1.69. The SMILES string of the molecule is C=CCNC(=O)Nc1ccc(NC(=O)CSCC(=O)Nc2ccc(F)cc2)cc1. The molecule has 4 amide bonds. The molecule has 0 spiro atoms. The van der Waals surface area contributed by atoms with Crippen molar-refractivity contribution in [1.29, 1.82) is 0 Å². The van der Waals surface area contributed by atoms with Crippen LogP contribution in [-0.4, -0.2) is 35.9 Å². The second-order valence-electron chi connectivity index (χ2n) is 5.80. The molecule has 0 aliphatic heterocycles. The van der Waals surface area contributed by atoms with Crippen LogP contribution in [0.3, 0.4) is 0 Å². The molecular weight excluding hydrogens is 395 g/mol. The third-order valence-corrected chi connectivity index (χ3v) is 4.36. The van der Waals surface area contributed by atoms with Crippen LogP contribution in [0.4, 0.5) is 26.2 Å². The van der Waals surface area contributed by atoms with Gasteiger partial charge in [0.25, 0.3) is 0 Å². The molecule has 9 heteroatoms. The van der Waals surface area contributed by atoms with Gasteiger partial charge < -0.3 is 21.3 Å². The summed E-state index contributed by atoms with van der Waals surface area (Å²) in [7, 11) is 0. The van der Waals surface area contributed by atoms with Crippen LogP contribution >= 0.6 is 11.8 Å². The maximum absolute atomic E-state index is 12.8. The van der Waals surface area contributed by atoms with E-state index in [0.717, 1.165) is 11.8 Å². The van der Waals surface area contributed by atoms with Crippen LogP contribution in [0.15, 0.2) is 61.2 Å². The highest BCUT2D eigenvalue weighted by molar-refractivity contribution is 8.00. The molecule has 0 aliphatic rings. The van der Waals surface area contributed by atoms with Crippen molar-refractivity contribution < 1.29 is 18.8 Å². The fourth-order valence-electron chi connectivity index (χ4n) is 2.14. The number of benzene rings is 2. The van der Waals surface area contributed by atoms with Crippen molar-refractivity contribution in [3.8, 4) is 0 Å². The average molecular weight is 416 g/mol. The molecule has 4 N–H and O–H groups in total. The van der Waals surface area contributed by atoms with E-state index in [9.17, 15) is 18.8 Å². The van der Waals surface area contributed by atoms with Gasteiger partial charge in [-0.2, -0.15) is 0 Å². The summed E-state index contributed by atoms with van der Waals surface area (Å²) in [6.07, 6.45) is 1.57. The molecule has 2 aromatic rings. The molecule has 0 aliphatic carbocycles. The summed E-state index contributed by atoms with van der Waals surface area (Å²) < 4.78 is 12.8. The number of anilines is 3. The number of halogens is 1. The van der Waals surface area contributed by atoms with Crippen LogP contribution in [0, 0.1) is 5.82 Å². The van der Waals surface area contributed by atoms with E-state index in [1.807, 2.05) is 0 Å². The zero-order valence-corrected chi connectivity index (χ0v) is 16.4. The lowest BCUT2D eigenvalue weighted by Crippen LogP contribution is -2.28. The number of rotatable bonds is 9. The highest BCUT2D eigenvalue weighted by Crippen LogP contribution is 2.14. The van der Waals surface area contributed by atoms with Crippen molar-refractivity contribution in [3.63, 3.8) is 0 Å². The summed E-state index contributed by atoms with van der Waals surface area (Å²) >= 11 is 1.16. The molecule has 0 atom stereocenters. The predicted molar refractivity (Wildman–Crippen MR) is 115 cm³/mol. The summed E-state index contributed by atoms with van der Waals surface area (Å²) in [4.78, 5) is 35.3. The van der Waals surface area contributed by atoms with Gasteiger partial charge in [-0.1, -0.05) is 6.08 Å². The van der Waals surface area contributed by atoms with Gasteiger partial charge in [0.2, 0.25) is 11.8 Å². The Kier molecular flexibility index (Phi) is 8.71. The molecular formula is C20H21FN4O3S. The fraction of sp³-hybridized carbons (Fsp3) is 0.150. The Hall–Kier alpha value is -3.33. The number of nitrogens with one attached hydrogen (secondary N) is 4. The fourth-order valence-corrected chi connectivity index (χ4v) is 2.76. The van der Waals surface area contributed by atoms with Crippen molar-refractivity contribution in [2.45, 2.75) is 0 Å². The van der Waals surface area contributed by atoms with Gasteiger partial charge in [0.15, 0.2) is 0 Å². The molecule has 7 nitrogen and oxygen atoms in total. The van der Waals surface area contributed by atoms with E-state index < -0.39 is 0 Å². The molecule has 0 bridgehead atoms. The number of carbonyl (C=O) groups is 3. The monoisotopic (exact) mass is 416 g/mol. The van der Waals surface area contributed by atoms with Crippen molar-refractivity contribution >= 4 is 46.7 Å². The number of hydrogen-bond acceptors (Lipinski definition) is 4. The van der Waals surface area contributed by atoms with Crippen LogP contribution in [0.1, 0.15) is 0 Å². The largest absolute Gasteiger partial charge is 0.334 e. The third-order valence-electron chi connectivity index (χ3n) is 3.43. The normalized spacial score (nSPS) is 9.97. The molecule has 0 aromatic heterocycles. The van der Waals surface area contributed by atoms with Gasteiger partial charge in [-0.25, -0.2) is 9.18 Å². The smallest absolute Gasteiger partial charge is 0.319 e. The molecule has 0 saturated carbocycles. The summed E-state index contributed by atoms with van der Waals surface area (Å²) in [6, 6.07) is 11.7. The standard InChI is InChI=1S/C20H21FN4O3S/c1-2-11-22-20(28)25-17-9-7-16(8-10-17)24-19(27)13-29-12-18(26)23-15-5-3-14(21)4-6-15/h2-10H,1,11-13H2,(H,23,26)(H,24,27)(H2,22,25,28). The van der Waals surface area contributed by atoms with E-state index in [4.69, 9.17) is 0 Å². The summed E-state index contributed by atoms with van der Waals surface area (Å²) in [6.45, 7) is 3.87. The third kappa shape index (κ3) is 8.48. The number of carbonyl (C=O) groups excluding carboxylic acids is 3. The van der Waals surface area contributed by atoms with Gasteiger partial charge in [-0.3, -0.25) is 9.59 Å². The van der Waals surface area contributed by atoms with Crippen molar-refractivity contribution in [2.24, 2.45) is 0 Å². The van der Waals surface area contributed by atoms with Crippen LogP contribution in [0.25, 0.3) is 0 Å². The Bertz CT molecular complexity index is 857. The molecule has 0 radical (unpaired) electrons. The van der Waals surface area contributed by atoms with Gasteiger partial charge in [0.05, 0.1) is 11.5 Å². The Morgan fingerprint density at radius 3 is 1.76 bits per heavy atom. The molecule has 29 heavy (non-hydrogen) atoms. The topological polar surface area (TPSA) is 99.3 Å². The molecule has 2 rings (SSSR count). The van der Waals surface area contributed by atoms with Gasteiger partial charge in [0, 0.05) is 23.6 Å². The molecule has 0 saturated heterocycles. The summed E-state index contributed by atoms with van der Waals surface area (Å²) in [5.74, 6) is -0.726. The molecule has 0 fully saturated rings. The van der Waals surface area contributed by atoms with Crippen LogP contribution in [0.5, 0.6) is 0 Å². The lowest BCUT2D eigenvalue weighted by molar-refractivity contribution is -0.114. The van der Waals surface area contributed by atoms with E-state index in [1.54, 1.807) is 30.3 Å². The number of urea groups is 1. The number of amides is 4. The second kappa shape index (κ2) is 11.5. The van der Waals surface area contributed by atoms with E-state index >= 15 is 0 Å². The van der Waals surface area contributed by atoms with Crippen LogP contribution in [0.2, 0.25) is 0 Å². The lowest BCUT2D eigenvalue weighted by atomic mass is 10.3. The maximum atomic E-state index is 12.8. The second-order valence-corrected chi connectivity index (χ2v) is 6.78. The van der Waals surface area contributed by atoms with Crippen LogP contribution < -0.4 is 21.3 Å². The zero-order chi connectivity index (χ0) is 21.1. The van der Waals surface area contributed by atoms with E-state index in [1.165, 1.54) is 24.3 Å². The van der Waals surface area contributed by atoms with Gasteiger partial charge in [-0.15, -0.1) is 18.3 Å². The molecule has 0 unspecified atom stereocenters. The van der Waals surface area contributed by atoms with Crippen molar-refractivity contribution in [3.05, 3.63) is 67.0 Å². The maximum Gasteiger partial charge on any atom is 0.319 e. The molecule has 2 aromatic carbocycles. The minimum Gasteiger partial charge on any atom is -0.334 e. The molecule has 0 heterocycles. The number of thioether (sulfide) groups is 1. The Morgan fingerprint density at radius 2 is 1.28 bits per heavy atom. The number of hydrogen-bond donors (Lipinski definition) is 4. The summed E-state index contributed by atoms with van der Waals surface area (Å²) in [5.41, 5.74) is 1.65. The van der Waals surface area contributed by atoms with Gasteiger partial charge >= 0.3 is 6.03 Å². The van der Waals surface area contributed by atoms with E-state index in [-0.39, 0.29) is 35.2 Å². The summed E-state index contributed by atoms with van der Waals surface area (Å²) in [5, 5.41) is 10.6. The Morgan fingerprint density at radius 1 is 0.828 bits per heavy atom. The highest BCUT2D eigenvalue weighted by Gasteiger charge is 2.07. The highest BCUT2D eigenvalue weighted by atomic mass is 32.2. The first-order chi connectivity index (χ1) is 14.0. The Labute approximate surface area is 172 Å². The minimum absolute atomic E-state index is 0.0907. The van der Waals surface area contributed by atoms with Crippen LogP contribution in [-0.2, 0) is 9.59 Å². The predicted octanol–water partition coefficient (Wildman–Crippen LogP) is 3.44. The van der Waals surface area contributed by atoms with Crippen molar-refractivity contribution in [2.75, 3.05) is 34.0 Å². The quantitative estimate of drug-likeness (QED) is 0.471. The average Bonchev–Trinajstić information content (AvgIpc) is 2.69. The van der Waals surface area contributed by atoms with Gasteiger partial charge in [0.1, 0.15) is 5.82 Å². The van der Waals surface area contributed by atoms with E-state index in [0.29, 0.717) is 23.6 Å². The van der Waals surface area contributed by atoms with Crippen molar-refractivity contribution in [1.82, 2.24) is 5.32 Å². The zero-order valence-electron chi connectivity index (χ0n) is 15.5. The molecule has 152 valence electrons. The lowest BCUT2D eigenvalue weighted by Gasteiger charge is -2.08. The minimum atomic E-state index is -0.381. The first-order valence-corrected chi connectivity index (χ1v) is 9.80. The first kappa shape index (κ1) is 22.0.